The predicted molar refractivity (Wildman–Crippen MR) is 133 cm³/mol. The summed E-state index contributed by atoms with van der Waals surface area (Å²) in [5.41, 5.74) is 0.748. The van der Waals surface area contributed by atoms with Gasteiger partial charge in [-0.05, 0) is 49.0 Å². The number of nitrogens with zero attached hydrogens (tertiary/aromatic N) is 2. The molecule has 35 heavy (non-hydrogen) atoms. The van der Waals surface area contributed by atoms with E-state index in [2.05, 4.69) is 4.90 Å². The fraction of sp³-hybridized carbons (Fsp3) is 0.346. The number of Topliss-reactive ketones (excluding diaryl/α,β-unsaturated/α-hetero) is 1. The number of carbonyl (C=O) groups excluding carboxylic acids is 3. The maximum Gasteiger partial charge on any atom is 0.308 e. The van der Waals surface area contributed by atoms with E-state index in [1.54, 1.807) is 36.4 Å². The smallest absolute Gasteiger partial charge is 0.308 e. The summed E-state index contributed by atoms with van der Waals surface area (Å²) in [5.74, 6) is -1.66. The first-order valence-corrected chi connectivity index (χ1v) is 11.7. The zero-order chi connectivity index (χ0) is 25.7. The van der Waals surface area contributed by atoms with E-state index < -0.39 is 23.7 Å². The Morgan fingerprint density at radius 2 is 1.86 bits per heavy atom. The molecule has 0 spiro atoms. The third-order valence-electron chi connectivity index (χ3n) is 5.95. The van der Waals surface area contributed by atoms with Gasteiger partial charge in [0.15, 0.2) is 0 Å². The molecule has 1 fully saturated rings. The minimum Gasteiger partial charge on any atom is -0.507 e. The summed E-state index contributed by atoms with van der Waals surface area (Å²) in [5, 5.41) is 11.5. The average Bonchev–Trinajstić information content (AvgIpc) is 3.09. The summed E-state index contributed by atoms with van der Waals surface area (Å²) in [6.45, 7) is 7.73. The minimum atomic E-state index is -0.873. The largest absolute Gasteiger partial charge is 0.507 e. The highest BCUT2D eigenvalue weighted by atomic mass is 35.5. The van der Waals surface area contributed by atoms with Crippen molar-refractivity contribution in [3.63, 3.8) is 0 Å². The van der Waals surface area contributed by atoms with Gasteiger partial charge in [-0.25, -0.2) is 0 Å². The van der Waals surface area contributed by atoms with E-state index in [-0.39, 0.29) is 34.2 Å². The van der Waals surface area contributed by atoms with Gasteiger partial charge in [0.05, 0.1) is 23.7 Å². The molecule has 1 aliphatic heterocycles. The Labute approximate surface area is 209 Å². The molecule has 1 unspecified atom stereocenters. The molecule has 9 heteroatoms. The quantitative estimate of drug-likeness (QED) is 0.182. The molecule has 0 saturated carbocycles. The Balaban J connectivity index is 2.14. The highest BCUT2D eigenvalue weighted by Gasteiger charge is 2.46. The lowest BCUT2D eigenvalue weighted by Crippen LogP contribution is -2.38. The van der Waals surface area contributed by atoms with E-state index in [4.69, 9.17) is 21.1 Å². The second-order valence-corrected chi connectivity index (χ2v) is 8.44. The van der Waals surface area contributed by atoms with Crippen LogP contribution in [-0.4, -0.2) is 65.9 Å². The van der Waals surface area contributed by atoms with Crippen LogP contribution >= 0.6 is 11.6 Å². The van der Waals surface area contributed by atoms with Crippen LogP contribution in [-0.2, 0) is 14.4 Å². The SMILES string of the molecule is CCN(CC)CCN1C(=O)C(=O)/C(=C(/O)c2ccc(OC)c(Cl)c2)C1c1cccc(OC(C)=O)c1. The predicted octanol–water partition coefficient (Wildman–Crippen LogP) is 4.04. The van der Waals surface area contributed by atoms with Gasteiger partial charge in [0, 0.05) is 25.6 Å². The minimum absolute atomic E-state index is 0.0595. The summed E-state index contributed by atoms with van der Waals surface area (Å²) >= 11 is 6.24. The van der Waals surface area contributed by atoms with Crippen LogP contribution in [0.3, 0.4) is 0 Å². The standard InChI is InChI=1S/C26H29ClN2O6/c1-5-28(6-2)12-13-29-23(17-8-7-9-19(14-17)35-16(3)30)22(25(32)26(29)33)24(31)18-10-11-21(34-4)20(27)15-18/h7-11,14-15,23,31H,5-6,12-13H2,1-4H3/b24-22+. The van der Waals surface area contributed by atoms with Crippen LogP contribution in [0, 0.1) is 0 Å². The van der Waals surface area contributed by atoms with E-state index in [1.165, 1.54) is 25.0 Å². The Morgan fingerprint density at radius 3 is 2.46 bits per heavy atom. The third-order valence-corrected chi connectivity index (χ3v) is 6.25. The number of likely N-dealkylation sites (N-methyl/N-ethyl adjacent to an activating group) is 1. The van der Waals surface area contributed by atoms with Crippen molar-refractivity contribution in [2.24, 2.45) is 0 Å². The van der Waals surface area contributed by atoms with Crippen molar-refractivity contribution in [1.29, 1.82) is 0 Å². The van der Waals surface area contributed by atoms with Crippen LogP contribution in [0.4, 0.5) is 0 Å². The number of rotatable bonds is 9. The highest BCUT2D eigenvalue weighted by molar-refractivity contribution is 6.46. The average molecular weight is 501 g/mol. The van der Waals surface area contributed by atoms with Crippen molar-refractivity contribution in [1.82, 2.24) is 9.80 Å². The topological polar surface area (TPSA) is 96.4 Å². The van der Waals surface area contributed by atoms with Gasteiger partial charge in [0.1, 0.15) is 17.3 Å². The lowest BCUT2D eigenvalue weighted by Gasteiger charge is -2.28. The van der Waals surface area contributed by atoms with Crippen molar-refractivity contribution in [2.75, 3.05) is 33.3 Å². The molecule has 8 nitrogen and oxygen atoms in total. The summed E-state index contributed by atoms with van der Waals surface area (Å²) in [6, 6.07) is 10.3. The first-order chi connectivity index (χ1) is 16.7. The maximum absolute atomic E-state index is 13.2. The molecule has 0 radical (unpaired) electrons. The number of amides is 1. The number of likely N-dealkylation sites (tertiary alicyclic amines) is 1. The first kappa shape index (κ1) is 26.2. The number of aliphatic hydroxyl groups is 1. The van der Waals surface area contributed by atoms with Crippen molar-refractivity contribution in [3.05, 3.63) is 64.2 Å². The number of ether oxygens (including phenoxy) is 2. The second-order valence-electron chi connectivity index (χ2n) is 8.03. The van der Waals surface area contributed by atoms with E-state index in [9.17, 15) is 19.5 Å². The molecule has 1 aliphatic rings. The lowest BCUT2D eigenvalue weighted by atomic mass is 9.95. The molecule has 1 N–H and O–H groups in total. The zero-order valence-electron chi connectivity index (χ0n) is 20.2. The number of carbonyl (C=O) groups is 3. The first-order valence-electron chi connectivity index (χ1n) is 11.3. The molecule has 1 amide bonds. The molecular weight excluding hydrogens is 472 g/mol. The van der Waals surface area contributed by atoms with Gasteiger partial charge in [-0.3, -0.25) is 14.4 Å². The van der Waals surface area contributed by atoms with Gasteiger partial charge in [0.2, 0.25) is 0 Å². The number of halogens is 1. The van der Waals surface area contributed by atoms with Crippen molar-refractivity contribution < 1.29 is 29.0 Å². The fourth-order valence-electron chi connectivity index (χ4n) is 4.13. The van der Waals surface area contributed by atoms with Crippen LogP contribution in [0.5, 0.6) is 11.5 Å². The molecule has 0 aromatic heterocycles. The monoisotopic (exact) mass is 500 g/mol. The number of hydrogen-bond donors (Lipinski definition) is 1. The van der Waals surface area contributed by atoms with Crippen LogP contribution in [0.25, 0.3) is 5.76 Å². The number of ketones is 1. The van der Waals surface area contributed by atoms with Crippen molar-refractivity contribution in [2.45, 2.75) is 26.8 Å². The number of benzene rings is 2. The Hall–Kier alpha value is -3.36. The summed E-state index contributed by atoms with van der Waals surface area (Å²) in [7, 11) is 1.47. The van der Waals surface area contributed by atoms with Gasteiger partial charge in [-0.2, -0.15) is 0 Å². The molecular formula is C26H29ClN2O6. The molecule has 3 rings (SSSR count). The highest BCUT2D eigenvalue weighted by Crippen LogP contribution is 2.41. The number of aliphatic hydroxyl groups excluding tert-OH is 1. The van der Waals surface area contributed by atoms with Gasteiger partial charge in [-0.15, -0.1) is 0 Å². The van der Waals surface area contributed by atoms with E-state index in [0.717, 1.165) is 13.1 Å². The molecule has 0 bridgehead atoms. The van der Waals surface area contributed by atoms with Crippen molar-refractivity contribution >= 4 is 35.0 Å². The summed E-state index contributed by atoms with van der Waals surface area (Å²) < 4.78 is 10.4. The molecule has 2 aromatic carbocycles. The second kappa shape index (κ2) is 11.4. The molecule has 1 saturated heterocycles. The molecule has 2 aromatic rings. The maximum atomic E-state index is 13.2. The molecule has 186 valence electrons. The fourth-order valence-corrected chi connectivity index (χ4v) is 4.39. The molecule has 1 heterocycles. The van der Waals surface area contributed by atoms with Gasteiger partial charge in [-0.1, -0.05) is 37.6 Å². The number of esters is 1. The Morgan fingerprint density at radius 1 is 1.14 bits per heavy atom. The number of methoxy groups -OCH3 is 1. The van der Waals surface area contributed by atoms with Crippen LogP contribution in [0.2, 0.25) is 5.02 Å². The summed E-state index contributed by atoms with van der Waals surface area (Å²) in [6.07, 6.45) is 0. The van der Waals surface area contributed by atoms with Gasteiger partial charge >= 0.3 is 5.97 Å². The molecule has 1 atom stereocenters. The van der Waals surface area contributed by atoms with Gasteiger partial charge in [0.25, 0.3) is 11.7 Å². The molecule has 0 aliphatic carbocycles. The lowest BCUT2D eigenvalue weighted by molar-refractivity contribution is -0.140. The summed E-state index contributed by atoms with van der Waals surface area (Å²) in [4.78, 5) is 41.4. The van der Waals surface area contributed by atoms with Crippen LogP contribution in [0.1, 0.15) is 37.9 Å². The Bertz CT molecular complexity index is 1160. The van der Waals surface area contributed by atoms with E-state index in [0.29, 0.717) is 17.9 Å². The Kier molecular flexibility index (Phi) is 8.53. The number of hydrogen-bond acceptors (Lipinski definition) is 7. The van der Waals surface area contributed by atoms with E-state index >= 15 is 0 Å². The van der Waals surface area contributed by atoms with Gasteiger partial charge < -0.3 is 24.4 Å². The van der Waals surface area contributed by atoms with Crippen molar-refractivity contribution in [3.8, 4) is 11.5 Å². The zero-order valence-corrected chi connectivity index (χ0v) is 21.0. The normalized spacial score (nSPS) is 17.2. The third kappa shape index (κ3) is 5.66. The van der Waals surface area contributed by atoms with Crippen LogP contribution in [0.15, 0.2) is 48.0 Å². The van der Waals surface area contributed by atoms with Crippen LogP contribution < -0.4 is 9.47 Å². The van der Waals surface area contributed by atoms with E-state index in [1.807, 2.05) is 13.8 Å².